The molecule has 2 unspecified atom stereocenters. The third kappa shape index (κ3) is 4.83. The number of rotatable bonds is 6. The van der Waals surface area contributed by atoms with Gasteiger partial charge >= 0.3 is 0 Å². The van der Waals surface area contributed by atoms with Crippen LogP contribution >= 0.6 is 11.8 Å². The molecule has 1 saturated heterocycles. The minimum absolute atomic E-state index is 0.305. The molecule has 3 heteroatoms. The molecule has 2 N–H and O–H groups in total. The molecule has 0 radical (unpaired) electrons. The smallest absolute Gasteiger partial charge is 0.0244 e. The minimum Gasteiger partial charge on any atom is -0.327 e. The summed E-state index contributed by atoms with van der Waals surface area (Å²) in [5.74, 6) is 2.33. The summed E-state index contributed by atoms with van der Waals surface area (Å²) in [6.45, 7) is 4.57. The fraction of sp³-hybridized carbons (Fsp3) is 0.625. The summed E-state index contributed by atoms with van der Waals surface area (Å²) >= 11 is 2.03. The molecule has 1 aromatic rings. The number of nitrogens with zero attached hydrogens (tertiary/aromatic N) is 1. The highest BCUT2D eigenvalue weighted by molar-refractivity contribution is 7.98. The standard InChI is InChI=1S/C16H26N2S/c1-14(17)16-9-5-6-10-18(16)11-12-19-13-15-7-3-2-4-8-15/h2-4,7-8,14,16H,5-6,9-13,17H2,1H3. The van der Waals surface area contributed by atoms with Gasteiger partial charge in [0.15, 0.2) is 0 Å². The number of nitrogens with two attached hydrogens (primary N) is 1. The highest BCUT2D eigenvalue weighted by Crippen LogP contribution is 2.20. The van der Waals surface area contributed by atoms with E-state index in [2.05, 4.69) is 42.2 Å². The average molecular weight is 278 g/mol. The van der Waals surface area contributed by atoms with Crippen LogP contribution in [0.5, 0.6) is 0 Å². The van der Waals surface area contributed by atoms with Crippen LogP contribution in [0.15, 0.2) is 30.3 Å². The second kappa shape index (κ2) is 7.93. The van der Waals surface area contributed by atoms with Crippen LogP contribution in [0, 0.1) is 0 Å². The van der Waals surface area contributed by atoms with Gasteiger partial charge in [-0.05, 0) is 31.9 Å². The first kappa shape index (κ1) is 14.9. The first-order valence-corrected chi connectivity index (χ1v) is 8.54. The molecular weight excluding hydrogens is 252 g/mol. The summed E-state index contributed by atoms with van der Waals surface area (Å²) in [6.07, 6.45) is 3.97. The number of thioether (sulfide) groups is 1. The van der Waals surface area contributed by atoms with Gasteiger partial charge in [0, 0.05) is 30.1 Å². The lowest BCUT2D eigenvalue weighted by atomic mass is 9.97. The molecule has 0 spiro atoms. The highest BCUT2D eigenvalue weighted by atomic mass is 32.2. The maximum absolute atomic E-state index is 6.10. The second-order valence-electron chi connectivity index (χ2n) is 5.50. The Bertz CT molecular complexity index is 353. The number of likely N-dealkylation sites (tertiary alicyclic amines) is 1. The summed E-state index contributed by atoms with van der Waals surface area (Å²) in [5.41, 5.74) is 7.53. The van der Waals surface area contributed by atoms with E-state index < -0.39 is 0 Å². The van der Waals surface area contributed by atoms with Crippen LogP contribution in [0.25, 0.3) is 0 Å². The first-order valence-electron chi connectivity index (χ1n) is 7.38. The van der Waals surface area contributed by atoms with Crippen molar-refractivity contribution in [2.75, 3.05) is 18.8 Å². The number of hydrogen-bond acceptors (Lipinski definition) is 3. The quantitative estimate of drug-likeness (QED) is 0.811. The topological polar surface area (TPSA) is 29.3 Å². The van der Waals surface area contributed by atoms with Crippen molar-refractivity contribution in [2.24, 2.45) is 5.73 Å². The lowest BCUT2D eigenvalue weighted by Gasteiger charge is -2.38. The Kier molecular flexibility index (Phi) is 6.21. The molecule has 1 fully saturated rings. The Hall–Kier alpha value is -0.510. The van der Waals surface area contributed by atoms with Crippen molar-refractivity contribution in [1.82, 2.24) is 4.90 Å². The van der Waals surface area contributed by atoms with Gasteiger partial charge in [-0.15, -0.1) is 0 Å². The van der Waals surface area contributed by atoms with Gasteiger partial charge in [-0.2, -0.15) is 11.8 Å². The lowest BCUT2D eigenvalue weighted by Crippen LogP contribution is -2.49. The van der Waals surface area contributed by atoms with Crippen LogP contribution in [0.1, 0.15) is 31.7 Å². The maximum atomic E-state index is 6.10. The summed E-state index contributed by atoms with van der Waals surface area (Å²) in [6, 6.07) is 11.6. The monoisotopic (exact) mass is 278 g/mol. The number of hydrogen-bond donors (Lipinski definition) is 1. The molecule has 0 aromatic heterocycles. The van der Waals surface area contributed by atoms with Crippen LogP contribution in [0.3, 0.4) is 0 Å². The molecule has 19 heavy (non-hydrogen) atoms. The minimum atomic E-state index is 0.305. The highest BCUT2D eigenvalue weighted by Gasteiger charge is 2.24. The Morgan fingerprint density at radius 1 is 1.32 bits per heavy atom. The van der Waals surface area contributed by atoms with E-state index in [0.717, 1.165) is 5.75 Å². The molecule has 2 rings (SSSR count). The third-order valence-electron chi connectivity index (χ3n) is 3.91. The zero-order valence-electron chi connectivity index (χ0n) is 11.9. The van der Waals surface area contributed by atoms with Crippen molar-refractivity contribution in [3.8, 4) is 0 Å². The molecular formula is C16H26N2S. The number of piperidine rings is 1. The first-order chi connectivity index (χ1) is 9.27. The van der Waals surface area contributed by atoms with Gasteiger partial charge in [0.1, 0.15) is 0 Å². The van der Waals surface area contributed by atoms with Gasteiger partial charge in [-0.1, -0.05) is 36.8 Å². The van der Waals surface area contributed by atoms with Gasteiger partial charge in [0.05, 0.1) is 0 Å². The second-order valence-corrected chi connectivity index (χ2v) is 6.60. The molecule has 106 valence electrons. The van der Waals surface area contributed by atoms with Gasteiger partial charge in [-0.25, -0.2) is 0 Å². The van der Waals surface area contributed by atoms with E-state index >= 15 is 0 Å². The normalized spacial score (nSPS) is 22.3. The van der Waals surface area contributed by atoms with E-state index in [9.17, 15) is 0 Å². The fourth-order valence-corrected chi connectivity index (χ4v) is 3.77. The van der Waals surface area contributed by atoms with E-state index in [1.807, 2.05) is 11.8 Å². The summed E-state index contributed by atoms with van der Waals surface area (Å²) in [4.78, 5) is 2.60. The largest absolute Gasteiger partial charge is 0.327 e. The van der Waals surface area contributed by atoms with E-state index in [1.165, 1.54) is 43.7 Å². The Labute approximate surface area is 121 Å². The van der Waals surface area contributed by atoms with Crippen molar-refractivity contribution < 1.29 is 0 Å². The van der Waals surface area contributed by atoms with Crippen LogP contribution in [0.4, 0.5) is 0 Å². The lowest BCUT2D eigenvalue weighted by molar-refractivity contribution is 0.139. The molecule has 2 nitrogen and oxygen atoms in total. The molecule has 1 aliphatic rings. The molecule has 0 saturated carbocycles. The molecule has 1 heterocycles. The molecule has 1 aliphatic heterocycles. The number of benzene rings is 1. The Balaban J connectivity index is 1.69. The van der Waals surface area contributed by atoms with Crippen molar-refractivity contribution in [2.45, 2.75) is 44.0 Å². The van der Waals surface area contributed by atoms with E-state index in [0.29, 0.717) is 12.1 Å². The molecule has 2 atom stereocenters. The molecule has 0 amide bonds. The van der Waals surface area contributed by atoms with Crippen molar-refractivity contribution in [3.63, 3.8) is 0 Å². The fourth-order valence-electron chi connectivity index (χ4n) is 2.84. The van der Waals surface area contributed by atoms with E-state index in [1.54, 1.807) is 0 Å². The molecule has 1 aromatic carbocycles. The van der Waals surface area contributed by atoms with E-state index in [-0.39, 0.29) is 0 Å². The molecule has 0 bridgehead atoms. The Morgan fingerprint density at radius 2 is 2.11 bits per heavy atom. The van der Waals surface area contributed by atoms with E-state index in [4.69, 9.17) is 5.73 Å². The van der Waals surface area contributed by atoms with Crippen LogP contribution in [-0.4, -0.2) is 35.8 Å². The maximum Gasteiger partial charge on any atom is 0.0244 e. The van der Waals surface area contributed by atoms with Crippen LogP contribution in [-0.2, 0) is 5.75 Å². The zero-order chi connectivity index (χ0) is 13.5. The van der Waals surface area contributed by atoms with Crippen LogP contribution < -0.4 is 5.73 Å². The van der Waals surface area contributed by atoms with Crippen LogP contribution in [0.2, 0.25) is 0 Å². The zero-order valence-corrected chi connectivity index (χ0v) is 12.7. The van der Waals surface area contributed by atoms with Crippen molar-refractivity contribution in [1.29, 1.82) is 0 Å². The third-order valence-corrected chi connectivity index (χ3v) is 4.91. The Morgan fingerprint density at radius 3 is 2.84 bits per heavy atom. The van der Waals surface area contributed by atoms with Gasteiger partial charge in [-0.3, -0.25) is 4.90 Å². The average Bonchev–Trinajstić information content (AvgIpc) is 2.45. The summed E-state index contributed by atoms with van der Waals surface area (Å²) in [5, 5.41) is 0. The van der Waals surface area contributed by atoms with Crippen molar-refractivity contribution in [3.05, 3.63) is 35.9 Å². The summed E-state index contributed by atoms with van der Waals surface area (Å²) in [7, 11) is 0. The predicted molar refractivity (Wildman–Crippen MR) is 85.5 cm³/mol. The van der Waals surface area contributed by atoms with Crippen molar-refractivity contribution >= 4 is 11.8 Å². The SMILES string of the molecule is CC(N)C1CCCCN1CCSCc1ccccc1. The molecule has 0 aliphatic carbocycles. The van der Waals surface area contributed by atoms with Gasteiger partial charge in [0.25, 0.3) is 0 Å². The van der Waals surface area contributed by atoms with Gasteiger partial charge in [0.2, 0.25) is 0 Å². The predicted octanol–water partition coefficient (Wildman–Crippen LogP) is 3.12. The summed E-state index contributed by atoms with van der Waals surface area (Å²) < 4.78 is 0. The van der Waals surface area contributed by atoms with Gasteiger partial charge < -0.3 is 5.73 Å².